The highest BCUT2D eigenvalue weighted by molar-refractivity contribution is 7.04. The van der Waals surface area contributed by atoms with Crippen LogP contribution in [0.4, 0.5) is 5.69 Å². The van der Waals surface area contributed by atoms with E-state index in [1.165, 1.54) is 0 Å². The van der Waals surface area contributed by atoms with Gasteiger partial charge in [-0.15, -0.1) is 0 Å². The molecule has 1 aromatic rings. The lowest BCUT2D eigenvalue weighted by molar-refractivity contribution is -0.105. The summed E-state index contributed by atoms with van der Waals surface area (Å²) in [5.41, 5.74) is 0.731. The number of hydrogen-bond acceptors (Lipinski definition) is 4. The molecule has 0 atom stereocenters. The van der Waals surface area contributed by atoms with Gasteiger partial charge in [0.1, 0.15) is 0 Å². The van der Waals surface area contributed by atoms with Crippen molar-refractivity contribution in [3.8, 4) is 0 Å². The number of carbonyl (C=O) groups excluding carboxylic acids is 2. The van der Waals surface area contributed by atoms with E-state index in [2.05, 4.69) is 15.0 Å². The van der Waals surface area contributed by atoms with Gasteiger partial charge in [-0.05, 0) is 18.0 Å². The lowest BCUT2D eigenvalue weighted by atomic mass is 10.3. The Labute approximate surface area is 85.7 Å². The van der Waals surface area contributed by atoms with Gasteiger partial charge in [-0.1, -0.05) is 6.92 Å². The number of amides is 2. The normalized spacial score (nSPS) is 9.50. The van der Waals surface area contributed by atoms with Crippen LogP contribution in [-0.2, 0) is 4.79 Å². The molecule has 0 saturated carbocycles. The fraction of sp³-hybridized carbons (Fsp3) is 0.375. The second-order valence-corrected chi connectivity index (χ2v) is 3.22. The van der Waals surface area contributed by atoms with E-state index in [1.54, 1.807) is 5.38 Å². The monoisotopic (exact) mass is 213 g/mol. The highest BCUT2D eigenvalue weighted by Crippen LogP contribution is 2.15. The molecule has 1 heterocycles. The molecular weight excluding hydrogens is 202 g/mol. The van der Waals surface area contributed by atoms with Crippen LogP contribution in [0.15, 0.2) is 5.38 Å². The Kier molecular flexibility index (Phi) is 4.06. The summed E-state index contributed by atoms with van der Waals surface area (Å²) < 4.78 is 3.90. The van der Waals surface area contributed by atoms with Crippen molar-refractivity contribution in [3.05, 3.63) is 11.1 Å². The summed E-state index contributed by atoms with van der Waals surface area (Å²) in [4.78, 5) is 21.6. The first-order valence-electron chi connectivity index (χ1n) is 4.22. The Bertz CT molecular complexity index is 324. The van der Waals surface area contributed by atoms with Crippen LogP contribution in [0.1, 0.15) is 23.8 Å². The van der Waals surface area contributed by atoms with Crippen molar-refractivity contribution < 1.29 is 9.59 Å². The number of carbonyl (C=O) groups is 2. The van der Waals surface area contributed by atoms with Gasteiger partial charge in [0, 0.05) is 11.9 Å². The number of hydrogen-bond donors (Lipinski definition) is 2. The number of anilines is 1. The summed E-state index contributed by atoms with van der Waals surface area (Å²) >= 11 is 1.14. The van der Waals surface area contributed by atoms with E-state index >= 15 is 0 Å². The molecule has 14 heavy (non-hydrogen) atoms. The molecule has 0 bridgehead atoms. The first-order chi connectivity index (χ1) is 6.79. The van der Waals surface area contributed by atoms with E-state index in [-0.39, 0.29) is 11.6 Å². The third-order valence-corrected chi connectivity index (χ3v) is 2.16. The first kappa shape index (κ1) is 10.6. The molecule has 2 amide bonds. The zero-order valence-corrected chi connectivity index (χ0v) is 8.56. The molecule has 5 nitrogen and oxygen atoms in total. The predicted molar refractivity (Wildman–Crippen MR) is 54.4 cm³/mol. The average molecular weight is 213 g/mol. The van der Waals surface area contributed by atoms with Gasteiger partial charge >= 0.3 is 0 Å². The van der Waals surface area contributed by atoms with Crippen LogP contribution in [0.25, 0.3) is 0 Å². The van der Waals surface area contributed by atoms with Crippen LogP contribution in [0.2, 0.25) is 0 Å². The van der Waals surface area contributed by atoms with Crippen molar-refractivity contribution in [2.75, 3.05) is 11.9 Å². The topological polar surface area (TPSA) is 71.1 Å². The molecule has 0 aromatic carbocycles. The van der Waals surface area contributed by atoms with Crippen LogP contribution in [0.3, 0.4) is 0 Å². The lowest BCUT2D eigenvalue weighted by Gasteiger charge is -2.01. The summed E-state index contributed by atoms with van der Waals surface area (Å²) in [6.45, 7) is 2.57. The Balaban J connectivity index is 2.68. The molecule has 0 aliphatic heterocycles. The number of nitrogens with zero attached hydrogens (tertiary/aromatic N) is 1. The van der Waals surface area contributed by atoms with Gasteiger partial charge in [-0.3, -0.25) is 9.59 Å². The number of aromatic nitrogens is 1. The highest BCUT2D eigenvalue weighted by atomic mass is 32.1. The maximum absolute atomic E-state index is 11.4. The van der Waals surface area contributed by atoms with Crippen molar-refractivity contribution in [2.24, 2.45) is 0 Å². The lowest BCUT2D eigenvalue weighted by Crippen LogP contribution is -2.25. The van der Waals surface area contributed by atoms with Crippen molar-refractivity contribution in [1.82, 2.24) is 9.69 Å². The molecule has 0 radical (unpaired) electrons. The molecule has 2 N–H and O–H groups in total. The van der Waals surface area contributed by atoms with Gasteiger partial charge in [0.2, 0.25) is 6.41 Å². The number of rotatable bonds is 5. The fourth-order valence-corrected chi connectivity index (χ4v) is 1.51. The third-order valence-electron chi connectivity index (χ3n) is 1.53. The van der Waals surface area contributed by atoms with E-state index < -0.39 is 0 Å². The third kappa shape index (κ3) is 2.53. The minimum absolute atomic E-state index is 0.252. The van der Waals surface area contributed by atoms with Crippen LogP contribution >= 0.6 is 11.5 Å². The molecule has 76 valence electrons. The zero-order valence-electron chi connectivity index (χ0n) is 7.74. The Morgan fingerprint density at radius 3 is 3.14 bits per heavy atom. The van der Waals surface area contributed by atoms with Gasteiger partial charge in [-0.2, -0.15) is 4.37 Å². The maximum Gasteiger partial charge on any atom is 0.273 e. The summed E-state index contributed by atoms with van der Waals surface area (Å²) in [5, 5.41) is 6.72. The zero-order chi connectivity index (χ0) is 10.4. The van der Waals surface area contributed by atoms with Crippen molar-refractivity contribution >= 4 is 29.5 Å². The van der Waals surface area contributed by atoms with E-state index in [0.717, 1.165) is 18.0 Å². The second-order valence-electron chi connectivity index (χ2n) is 2.59. The van der Waals surface area contributed by atoms with Crippen molar-refractivity contribution in [1.29, 1.82) is 0 Å². The van der Waals surface area contributed by atoms with E-state index in [9.17, 15) is 9.59 Å². The van der Waals surface area contributed by atoms with Gasteiger partial charge < -0.3 is 10.6 Å². The Morgan fingerprint density at radius 2 is 2.50 bits per heavy atom. The molecular formula is C8H11N3O2S. The van der Waals surface area contributed by atoms with Crippen molar-refractivity contribution in [3.63, 3.8) is 0 Å². The molecule has 1 rings (SSSR count). The van der Waals surface area contributed by atoms with Crippen LogP contribution in [0, 0.1) is 0 Å². The molecule has 0 fully saturated rings. The molecule has 0 unspecified atom stereocenters. The first-order valence-corrected chi connectivity index (χ1v) is 5.06. The minimum atomic E-state index is -0.252. The average Bonchev–Trinajstić information content (AvgIpc) is 2.63. The summed E-state index contributed by atoms with van der Waals surface area (Å²) in [5.74, 6) is -0.252. The minimum Gasteiger partial charge on any atom is -0.351 e. The Hall–Kier alpha value is -1.43. The molecule has 0 spiro atoms. The van der Waals surface area contributed by atoms with Gasteiger partial charge in [0.25, 0.3) is 5.91 Å². The maximum atomic E-state index is 11.4. The largest absolute Gasteiger partial charge is 0.351 e. The van der Waals surface area contributed by atoms with Crippen LogP contribution in [0.5, 0.6) is 0 Å². The van der Waals surface area contributed by atoms with Crippen molar-refractivity contribution in [2.45, 2.75) is 13.3 Å². The molecule has 6 heteroatoms. The quantitative estimate of drug-likeness (QED) is 0.712. The summed E-state index contributed by atoms with van der Waals surface area (Å²) in [6, 6.07) is 0. The molecule has 0 saturated heterocycles. The predicted octanol–water partition coefficient (Wildman–Crippen LogP) is 0.851. The molecule has 0 aliphatic rings. The fourth-order valence-electron chi connectivity index (χ4n) is 0.889. The van der Waals surface area contributed by atoms with Gasteiger partial charge in [-0.25, -0.2) is 0 Å². The van der Waals surface area contributed by atoms with E-state index in [0.29, 0.717) is 18.6 Å². The van der Waals surface area contributed by atoms with Gasteiger partial charge in [0.15, 0.2) is 5.69 Å². The smallest absolute Gasteiger partial charge is 0.273 e. The standard InChI is InChI=1S/C8H11N3O2S/c1-2-3-9-8(13)7-6(10-5-12)4-14-11-7/h4-5H,2-3H2,1H3,(H,9,13)(H,10,12). The van der Waals surface area contributed by atoms with Crippen LogP contribution < -0.4 is 10.6 Å². The summed E-state index contributed by atoms with van der Waals surface area (Å²) in [6.07, 6.45) is 1.40. The Morgan fingerprint density at radius 1 is 1.71 bits per heavy atom. The second kappa shape index (κ2) is 5.33. The van der Waals surface area contributed by atoms with E-state index in [4.69, 9.17) is 0 Å². The number of nitrogens with one attached hydrogen (secondary N) is 2. The highest BCUT2D eigenvalue weighted by Gasteiger charge is 2.13. The van der Waals surface area contributed by atoms with Crippen LogP contribution in [-0.4, -0.2) is 23.2 Å². The molecule has 0 aliphatic carbocycles. The summed E-state index contributed by atoms with van der Waals surface area (Å²) in [7, 11) is 0. The van der Waals surface area contributed by atoms with Gasteiger partial charge in [0.05, 0.1) is 5.69 Å². The SMILES string of the molecule is CCCNC(=O)c1nscc1NC=O. The molecule has 1 aromatic heterocycles. The van der Waals surface area contributed by atoms with E-state index in [1.807, 2.05) is 6.92 Å².